The van der Waals surface area contributed by atoms with Crippen molar-refractivity contribution in [3.8, 4) is 28.0 Å². The largest absolute Gasteiger partial charge is 0.573 e. The van der Waals surface area contributed by atoms with E-state index in [-0.39, 0.29) is 17.7 Å². The second kappa shape index (κ2) is 13.4. The Morgan fingerprint density at radius 1 is 1.04 bits per heavy atom. The summed E-state index contributed by atoms with van der Waals surface area (Å²) in [6.07, 6.45) is -2.86. The maximum Gasteiger partial charge on any atom is 0.573 e. The van der Waals surface area contributed by atoms with E-state index in [1.807, 2.05) is 55.8 Å². The van der Waals surface area contributed by atoms with Gasteiger partial charge >= 0.3 is 12.5 Å². The van der Waals surface area contributed by atoms with Gasteiger partial charge in [-0.2, -0.15) is 0 Å². The molecule has 9 nitrogen and oxygen atoms in total. The zero-order chi connectivity index (χ0) is 33.2. The first-order valence-electron chi connectivity index (χ1n) is 15.6. The molecule has 0 radical (unpaired) electrons. The Hall–Kier alpha value is -4.03. The molecule has 2 aromatic carbocycles. The SMILES string of the molecule is CN1CCN(Cc2ccc(-c3c(-c4cccc(OC(F)(F)F)c4)cn4c3C(=O)NC[C@@H]4CCCN(C(=O)O)C(C)(C)C)cc2)CC1. The summed E-state index contributed by atoms with van der Waals surface area (Å²) in [7, 11) is 2.12. The number of carbonyl (C=O) groups is 2. The molecule has 0 saturated carbocycles. The fraction of sp³-hybridized carbons (Fsp3) is 0.471. The predicted octanol–water partition coefficient (Wildman–Crippen LogP) is 6.31. The van der Waals surface area contributed by atoms with Crippen molar-refractivity contribution in [1.29, 1.82) is 0 Å². The average Bonchev–Trinajstić information content (AvgIpc) is 3.38. The summed E-state index contributed by atoms with van der Waals surface area (Å²) in [5.41, 5.74) is 3.48. The number of hydrogen-bond acceptors (Lipinski definition) is 5. The number of nitrogens with zero attached hydrogens (tertiary/aromatic N) is 4. The molecule has 12 heteroatoms. The van der Waals surface area contributed by atoms with E-state index in [1.165, 1.54) is 23.1 Å². The number of alkyl halides is 3. The summed E-state index contributed by atoms with van der Waals surface area (Å²) in [5.74, 6) is -0.622. The van der Waals surface area contributed by atoms with Crippen molar-refractivity contribution in [2.75, 3.05) is 46.3 Å². The monoisotopic (exact) mass is 641 g/mol. The van der Waals surface area contributed by atoms with Crippen molar-refractivity contribution < 1.29 is 32.6 Å². The lowest BCUT2D eigenvalue weighted by atomic mass is 9.95. The Balaban J connectivity index is 1.50. The van der Waals surface area contributed by atoms with Crippen molar-refractivity contribution in [3.05, 3.63) is 66.0 Å². The number of rotatable bonds is 9. The molecule has 46 heavy (non-hydrogen) atoms. The zero-order valence-electron chi connectivity index (χ0n) is 26.7. The predicted molar refractivity (Wildman–Crippen MR) is 170 cm³/mol. The van der Waals surface area contributed by atoms with Gasteiger partial charge in [-0.05, 0) is 69.5 Å². The van der Waals surface area contributed by atoms with Crippen LogP contribution < -0.4 is 10.1 Å². The van der Waals surface area contributed by atoms with E-state index < -0.39 is 18.0 Å². The Labute approximate surface area is 267 Å². The normalized spacial score (nSPS) is 17.8. The van der Waals surface area contributed by atoms with E-state index in [9.17, 15) is 27.9 Å². The second-order valence-electron chi connectivity index (χ2n) is 13.1. The van der Waals surface area contributed by atoms with Crippen molar-refractivity contribution in [3.63, 3.8) is 0 Å². The van der Waals surface area contributed by atoms with Crippen LogP contribution in [0.1, 0.15) is 55.7 Å². The molecule has 2 aliphatic rings. The highest BCUT2D eigenvalue weighted by Gasteiger charge is 2.34. The van der Waals surface area contributed by atoms with Crippen LogP contribution in [0.2, 0.25) is 0 Å². The number of carboxylic acid groups (broad SMARTS) is 1. The zero-order valence-corrected chi connectivity index (χ0v) is 26.7. The van der Waals surface area contributed by atoms with Crippen LogP contribution in [0.5, 0.6) is 5.75 Å². The fourth-order valence-electron chi connectivity index (χ4n) is 6.29. The number of benzene rings is 2. The van der Waals surface area contributed by atoms with Crippen LogP contribution >= 0.6 is 0 Å². The Morgan fingerprint density at radius 3 is 2.37 bits per heavy atom. The summed E-state index contributed by atoms with van der Waals surface area (Å²) >= 11 is 0. The molecule has 0 unspecified atom stereocenters. The first-order chi connectivity index (χ1) is 21.7. The van der Waals surface area contributed by atoms with E-state index >= 15 is 0 Å². The van der Waals surface area contributed by atoms with E-state index in [0.29, 0.717) is 48.3 Å². The van der Waals surface area contributed by atoms with E-state index in [0.717, 1.165) is 43.9 Å². The summed E-state index contributed by atoms with van der Waals surface area (Å²) in [5, 5.41) is 12.7. The van der Waals surface area contributed by atoms with Crippen LogP contribution in [0.25, 0.3) is 22.3 Å². The maximum atomic E-state index is 13.5. The molecule has 0 aliphatic carbocycles. The lowest BCUT2D eigenvalue weighted by molar-refractivity contribution is -0.274. The number of nitrogens with one attached hydrogen (secondary N) is 1. The molecule has 1 saturated heterocycles. The number of ether oxygens (including phenoxy) is 1. The molecule has 1 atom stereocenters. The minimum atomic E-state index is -4.84. The van der Waals surface area contributed by atoms with Crippen LogP contribution in [0, 0.1) is 0 Å². The third-order valence-electron chi connectivity index (χ3n) is 8.72. The van der Waals surface area contributed by atoms with Gasteiger partial charge in [-0.25, -0.2) is 4.79 Å². The highest BCUT2D eigenvalue weighted by atomic mass is 19.4. The van der Waals surface area contributed by atoms with Crippen LogP contribution in [0.3, 0.4) is 0 Å². The molecule has 3 heterocycles. The molecule has 5 rings (SSSR count). The van der Waals surface area contributed by atoms with E-state index in [2.05, 4.69) is 26.9 Å². The molecule has 2 amide bonds. The quantitative estimate of drug-likeness (QED) is 0.285. The van der Waals surface area contributed by atoms with Crippen molar-refractivity contribution in [1.82, 2.24) is 24.6 Å². The number of halogens is 3. The van der Waals surface area contributed by atoms with Crippen molar-refractivity contribution >= 4 is 12.0 Å². The Kier molecular flexibility index (Phi) is 9.69. The number of fused-ring (bicyclic) bond motifs is 1. The van der Waals surface area contributed by atoms with Gasteiger partial charge in [-0.1, -0.05) is 36.4 Å². The lowest BCUT2D eigenvalue weighted by Gasteiger charge is -2.34. The highest BCUT2D eigenvalue weighted by molar-refractivity contribution is 6.05. The smallest absolute Gasteiger partial charge is 0.465 e. The minimum absolute atomic E-state index is 0.179. The first-order valence-corrected chi connectivity index (χ1v) is 15.6. The fourth-order valence-corrected chi connectivity index (χ4v) is 6.29. The lowest BCUT2D eigenvalue weighted by Crippen LogP contribution is -2.45. The van der Waals surface area contributed by atoms with Gasteiger partial charge in [-0.3, -0.25) is 9.69 Å². The third-order valence-corrected chi connectivity index (χ3v) is 8.72. The van der Waals surface area contributed by atoms with Gasteiger partial charge in [0.15, 0.2) is 0 Å². The van der Waals surface area contributed by atoms with Gasteiger partial charge in [0.2, 0.25) is 0 Å². The number of aromatic nitrogens is 1. The van der Waals surface area contributed by atoms with Gasteiger partial charge in [-0.15, -0.1) is 13.2 Å². The molecule has 2 aliphatic heterocycles. The van der Waals surface area contributed by atoms with Crippen LogP contribution in [-0.2, 0) is 6.54 Å². The molecule has 1 aromatic heterocycles. The highest BCUT2D eigenvalue weighted by Crippen LogP contribution is 2.41. The van der Waals surface area contributed by atoms with Crippen LogP contribution in [0.4, 0.5) is 18.0 Å². The van der Waals surface area contributed by atoms with Gasteiger partial charge in [0.1, 0.15) is 11.4 Å². The second-order valence-corrected chi connectivity index (χ2v) is 13.1. The van der Waals surface area contributed by atoms with Gasteiger partial charge in [0.25, 0.3) is 5.91 Å². The summed E-state index contributed by atoms with van der Waals surface area (Å²) in [4.78, 5) is 31.5. The maximum absolute atomic E-state index is 13.5. The topological polar surface area (TPSA) is 90.3 Å². The van der Waals surface area contributed by atoms with E-state index in [1.54, 1.807) is 6.07 Å². The van der Waals surface area contributed by atoms with E-state index in [4.69, 9.17) is 0 Å². The first kappa shape index (κ1) is 33.3. The standard InChI is InChI=1S/C34H42F3N5O4/c1-33(2,3)42(32(44)45)14-6-8-26-20-38-31(43)30-29(24-12-10-23(11-13-24)21-40-17-15-39(4)16-18-40)28(22-41(26)30)25-7-5-9-27(19-25)46-34(35,36)37/h5,7,9-13,19,22,26H,6,8,14-18,20-21H2,1-4H3,(H,38,43)(H,44,45)/t26-/m0/s1. The van der Waals surface area contributed by atoms with Crippen molar-refractivity contribution in [2.24, 2.45) is 0 Å². The van der Waals surface area contributed by atoms with Gasteiger partial charge < -0.3 is 29.5 Å². The molecule has 248 valence electrons. The van der Waals surface area contributed by atoms with Gasteiger partial charge in [0.05, 0.1) is 6.04 Å². The van der Waals surface area contributed by atoms with Crippen LogP contribution in [-0.4, -0.2) is 94.6 Å². The number of piperazine rings is 1. The number of likely N-dealkylation sites (N-methyl/N-ethyl adjacent to an activating group) is 1. The molecular weight excluding hydrogens is 599 g/mol. The molecule has 0 bridgehead atoms. The molecule has 0 spiro atoms. The van der Waals surface area contributed by atoms with Crippen LogP contribution in [0.15, 0.2) is 54.7 Å². The Bertz CT molecular complexity index is 1540. The third kappa shape index (κ3) is 7.84. The van der Waals surface area contributed by atoms with Gasteiger partial charge in [0, 0.05) is 68.7 Å². The number of hydrogen-bond donors (Lipinski definition) is 2. The summed E-state index contributed by atoms with van der Waals surface area (Å²) in [6.45, 7) is 11.0. The number of amides is 2. The Morgan fingerprint density at radius 2 is 1.74 bits per heavy atom. The molecule has 1 fully saturated rings. The summed E-state index contributed by atoms with van der Waals surface area (Å²) < 4.78 is 45.4. The molecule has 2 N–H and O–H groups in total. The average molecular weight is 642 g/mol. The van der Waals surface area contributed by atoms with Crippen molar-refractivity contribution in [2.45, 2.75) is 58.1 Å². The number of carbonyl (C=O) groups excluding carboxylic acids is 1. The molecular formula is C34H42F3N5O4. The summed E-state index contributed by atoms with van der Waals surface area (Å²) in [6, 6.07) is 13.6. The minimum Gasteiger partial charge on any atom is -0.465 e. The molecule has 3 aromatic rings.